The summed E-state index contributed by atoms with van der Waals surface area (Å²) < 4.78 is 5.52. The molecule has 0 bridgehead atoms. The van der Waals surface area contributed by atoms with E-state index in [1.54, 1.807) is 18.2 Å². The highest BCUT2D eigenvalue weighted by Gasteiger charge is 2.16. The average Bonchev–Trinajstić information content (AvgIpc) is 2.31. The second kappa shape index (κ2) is 6.96. The monoisotopic (exact) mass is 321 g/mol. The molecule has 1 amide bonds. The van der Waals surface area contributed by atoms with Crippen LogP contribution in [0.2, 0.25) is 5.02 Å². The van der Waals surface area contributed by atoms with E-state index in [9.17, 15) is 4.79 Å². The molecule has 1 aromatic carbocycles. The Kier molecular flexibility index (Phi) is 5.91. The van der Waals surface area contributed by atoms with Crippen LogP contribution in [0.25, 0.3) is 0 Å². The third-order valence-electron chi connectivity index (χ3n) is 2.12. The van der Waals surface area contributed by atoms with Gasteiger partial charge in [0.1, 0.15) is 0 Å². The highest BCUT2D eigenvalue weighted by Crippen LogP contribution is 2.25. The van der Waals surface area contributed by atoms with E-state index < -0.39 is 6.04 Å². The van der Waals surface area contributed by atoms with Crippen LogP contribution in [-0.4, -0.2) is 37.4 Å². The highest BCUT2D eigenvalue weighted by atomic mass is 79.9. The molecule has 0 aromatic heterocycles. The lowest BCUT2D eigenvalue weighted by Crippen LogP contribution is -2.40. The number of hydrogen-bond donors (Lipinski definition) is 2. The SMILES string of the molecule is COCC(CO)NC(=O)c1cccc(Br)c1Cl. The summed E-state index contributed by atoms with van der Waals surface area (Å²) in [4.78, 5) is 11.9. The molecule has 0 aliphatic rings. The molecule has 0 spiro atoms. The van der Waals surface area contributed by atoms with Crippen LogP contribution in [0.4, 0.5) is 0 Å². The van der Waals surface area contributed by atoms with Crippen LogP contribution in [-0.2, 0) is 4.74 Å². The Morgan fingerprint density at radius 3 is 2.94 bits per heavy atom. The van der Waals surface area contributed by atoms with E-state index in [1.165, 1.54) is 7.11 Å². The van der Waals surface area contributed by atoms with Gasteiger partial charge in [-0.25, -0.2) is 0 Å². The first kappa shape index (κ1) is 14.4. The standard InChI is InChI=1S/C11H13BrClNO3/c1-17-6-7(5-15)14-11(16)8-3-2-4-9(12)10(8)13/h2-4,7,15H,5-6H2,1H3,(H,14,16). The molecule has 17 heavy (non-hydrogen) atoms. The summed E-state index contributed by atoms with van der Waals surface area (Å²) in [5.74, 6) is -0.340. The van der Waals surface area contributed by atoms with Gasteiger partial charge in [0.15, 0.2) is 0 Å². The summed E-state index contributed by atoms with van der Waals surface area (Å²) in [5.41, 5.74) is 0.357. The van der Waals surface area contributed by atoms with Crippen LogP contribution in [0.3, 0.4) is 0 Å². The van der Waals surface area contributed by atoms with Crippen molar-refractivity contribution in [2.45, 2.75) is 6.04 Å². The molecule has 1 atom stereocenters. The van der Waals surface area contributed by atoms with Gasteiger partial charge in [0.25, 0.3) is 5.91 Å². The quantitative estimate of drug-likeness (QED) is 0.869. The molecule has 6 heteroatoms. The van der Waals surface area contributed by atoms with Crippen molar-refractivity contribution in [1.82, 2.24) is 5.32 Å². The van der Waals surface area contributed by atoms with Crippen LogP contribution in [0.5, 0.6) is 0 Å². The minimum absolute atomic E-state index is 0.189. The molecule has 2 N–H and O–H groups in total. The summed E-state index contributed by atoms with van der Waals surface area (Å²) >= 11 is 9.23. The summed E-state index contributed by atoms with van der Waals surface area (Å²) in [6.45, 7) is 0.0546. The molecule has 0 fully saturated rings. The third-order valence-corrected chi connectivity index (χ3v) is 3.42. The van der Waals surface area contributed by atoms with Crippen LogP contribution >= 0.6 is 27.5 Å². The van der Waals surface area contributed by atoms with Gasteiger partial charge in [-0.2, -0.15) is 0 Å². The number of ether oxygens (including phenoxy) is 1. The zero-order valence-electron chi connectivity index (χ0n) is 9.24. The summed E-state index contributed by atoms with van der Waals surface area (Å²) in [7, 11) is 1.50. The highest BCUT2D eigenvalue weighted by molar-refractivity contribution is 9.10. The van der Waals surface area contributed by atoms with Gasteiger partial charge in [-0.05, 0) is 28.1 Å². The van der Waals surface area contributed by atoms with Crippen molar-refractivity contribution in [2.75, 3.05) is 20.3 Å². The van der Waals surface area contributed by atoms with Gasteiger partial charge in [0, 0.05) is 11.6 Å². The number of halogens is 2. The number of carbonyl (C=O) groups is 1. The van der Waals surface area contributed by atoms with E-state index in [-0.39, 0.29) is 19.1 Å². The van der Waals surface area contributed by atoms with E-state index in [0.717, 1.165) is 0 Å². The summed E-state index contributed by atoms with van der Waals surface area (Å²) in [5, 5.41) is 12.0. The minimum atomic E-state index is -0.442. The van der Waals surface area contributed by atoms with Crippen molar-refractivity contribution in [3.8, 4) is 0 Å². The topological polar surface area (TPSA) is 58.6 Å². The van der Waals surface area contributed by atoms with Gasteiger partial charge < -0.3 is 15.2 Å². The fraction of sp³-hybridized carbons (Fsp3) is 0.364. The van der Waals surface area contributed by atoms with Gasteiger partial charge >= 0.3 is 0 Å². The molecule has 1 unspecified atom stereocenters. The number of benzene rings is 1. The van der Waals surface area contributed by atoms with Crippen molar-refractivity contribution >= 4 is 33.4 Å². The first-order valence-electron chi connectivity index (χ1n) is 4.94. The second-order valence-electron chi connectivity index (χ2n) is 3.41. The fourth-order valence-electron chi connectivity index (χ4n) is 1.28. The lowest BCUT2D eigenvalue weighted by Gasteiger charge is -2.15. The maximum atomic E-state index is 11.9. The van der Waals surface area contributed by atoms with E-state index >= 15 is 0 Å². The van der Waals surface area contributed by atoms with Crippen LogP contribution in [0, 0.1) is 0 Å². The van der Waals surface area contributed by atoms with Crippen LogP contribution in [0.15, 0.2) is 22.7 Å². The smallest absolute Gasteiger partial charge is 0.253 e. The van der Waals surface area contributed by atoms with E-state index in [4.69, 9.17) is 21.4 Å². The van der Waals surface area contributed by atoms with Gasteiger partial charge in [-0.3, -0.25) is 4.79 Å². The molecule has 1 rings (SSSR count). The Morgan fingerprint density at radius 1 is 1.65 bits per heavy atom. The van der Waals surface area contributed by atoms with Crippen molar-refractivity contribution < 1.29 is 14.6 Å². The number of aliphatic hydroxyl groups excluding tert-OH is 1. The number of aliphatic hydroxyl groups is 1. The van der Waals surface area contributed by atoms with E-state index in [2.05, 4.69) is 21.2 Å². The lowest BCUT2D eigenvalue weighted by atomic mass is 10.2. The van der Waals surface area contributed by atoms with Crippen LogP contribution < -0.4 is 5.32 Å². The number of amides is 1. The normalized spacial score (nSPS) is 12.2. The molecule has 1 aromatic rings. The largest absolute Gasteiger partial charge is 0.394 e. The summed E-state index contributed by atoms with van der Waals surface area (Å²) in [6.07, 6.45) is 0. The maximum Gasteiger partial charge on any atom is 0.253 e. The van der Waals surface area contributed by atoms with Gasteiger partial charge in [0.2, 0.25) is 0 Å². The molecular weight excluding hydrogens is 309 g/mol. The van der Waals surface area contributed by atoms with Crippen molar-refractivity contribution in [1.29, 1.82) is 0 Å². The van der Waals surface area contributed by atoms with Crippen LogP contribution in [0.1, 0.15) is 10.4 Å². The zero-order chi connectivity index (χ0) is 12.8. The Balaban J connectivity index is 2.79. The lowest BCUT2D eigenvalue weighted by molar-refractivity contribution is 0.0840. The minimum Gasteiger partial charge on any atom is -0.394 e. The van der Waals surface area contributed by atoms with Crippen molar-refractivity contribution in [3.05, 3.63) is 33.3 Å². The fourth-order valence-corrected chi connectivity index (χ4v) is 1.86. The number of rotatable bonds is 5. The molecule has 0 saturated heterocycles. The first-order valence-corrected chi connectivity index (χ1v) is 6.12. The second-order valence-corrected chi connectivity index (χ2v) is 4.64. The molecule has 0 saturated carbocycles. The molecule has 4 nitrogen and oxygen atoms in total. The van der Waals surface area contributed by atoms with Gasteiger partial charge in [-0.1, -0.05) is 17.7 Å². The zero-order valence-corrected chi connectivity index (χ0v) is 11.6. The molecule has 0 aliphatic carbocycles. The number of nitrogens with one attached hydrogen (secondary N) is 1. The third kappa shape index (κ3) is 3.96. The average molecular weight is 323 g/mol. The van der Waals surface area contributed by atoms with Gasteiger partial charge in [-0.15, -0.1) is 0 Å². The maximum absolute atomic E-state index is 11.9. The molecular formula is C11H13BrClNO3. The Labute approximate surface area is 113 Å². The molecule has 0 heterocycles. The van der Waals surface area contributed by atoms with Gasteiger partial charge in [0.05, 0.1) is 29.8 Å². The number of hydrogen-bond acceptors (Lipinski definition) is 3. The number of methoxy groups -OCH3 is 1. The van der Waals surface area contributed by atoms with E-state index in [1.807, 2.05) is 0 Å². The molecule has 0 radical (unpaired) electrons. The Morgan fingerprint density at radius 2 is 2.35 bits per heavy atom. The Bertz CT molecular complexity index is 400. The number of carbonyl (C=O) groups excluding carboxylic acids is 1. The van der Waals surface area contributed by atoms with Crippen molar-refractivity contribution in [2.24, 2.45) is 0 Å². The van der Waals surface area contributed by atoms with E-state index in [0.29, 0.717) is 15.1 Å². The molecule has 94 valence electrons. The summed E-state index contributed by atoms with van der Waals surface area (Å²) in [6, 6.07) is 4.64. The predicted octanol–water partition coefficient (Wildman–Crippen LogP) is 1.84. The van der Waals surface area contributed by atoms with Crippen molar-refractivity contribution in [3.63, 3.8) is 0 Å². The predicted molar refractivity (Wildman–Crippen MR) is 69.4 cm³/mol. The first-order chi connectivity index (χ1) is 8.10. The molecule has 0 aliphatic heterocycles. The Hall–Kier alpha value is -0.620.